The van der Waals surface area contributed by atoms with E-state index in [0.717, 1.165) is 11.8 Å². The third-order valence-corrected chi connectivity index (χ3v) is 3.13. The monoisotopic (exact) mass is 282 g/mol. The Kier molecular flexibility index (Phi) is 3.73. The number of carbonyl (C=O) groups excluding carboxylic acids is 1. The maximum Gasteiger partial charge on any atom is 0.251 e. The molecule has 2 heterocycles. The Bertz CT molecular complexity index is 659. The normalized spacial score (nSPS) is 10.3. The van der Waals surface area contributed by atoms with Gasteiger partial charge in [0.15, 0.2) is 11.4 Å². The number of carbonyl (C=O) groups is 1. The number of hydrogen-bond donors (Lipinski definition) is 1. The molecule has 0 aromatic carbocycles. The number of aromatic amines is 1. The Morgan fingerprint density at radius 1 is 1.44 bits per heavy atom. The van der Waals surface area contributed by atoms with Crippen molar-refractivity contribution in [1.82, 2.24) is 19.9 Å². The molecule has 0 aliphatic carbocycles. The van der Waals surface area contributed by atoms with Gasteiger partial charge in [-0.15, -0.1) is 0 Å². The summed E-state index contributed by atoms with van der Waals surface area (Å²) < 4.78 is 0. The van der Waals surface area contributed by atoms with Crippen LogP contribution in [0, 0.1) is 6.92 Å². The fraction of sp³-hybridized carbons (Fsp3) is 0.100. The van der Waals surface area contributed by atoms with Crippen LogP contribution in [0.5, 0.6) is 0 Å². The van der Waals surface area contributed by atoms with Gasteiger partial charge in [0.05, 0.1) is 5.56 Å². The predicted octanol–water partition coefficient (Wildman–Crippen LogP) is 1.49. The van der Waals surface area contributed by atoms with Crippen LogP contribution in [0.2, 0.25) is 5.15 Å². The van der Waals surface area contributed by atoms with Gasteiger partial charge in [-0.2, -0.15) is 0 Å². The highest BCUT2D eigenvalue weighted by atomic mass is 35.5. The Labute approximate surface area is 111 Å². The van der Waals surface area contributed by atoms with Crippen LogP contribution in [0.25, 0.3) is 0 Å². The summed E-state index contributed by atoms with van der Waals surface area (Å²) in [6, 6.07) is 1.29. The SMILES string of the molecule is Cc1nc(Cl)c(C=O)c(Sc2nccc(=O)[nH]2)n1. The number of aryl methyl sites for hydroxylation is 1. The van der Waals surface area contributed by atoms with Crippen LogP contribution in [-0.4, -0.2) is 26.2 Å². The summed E-state index contributed by atoms with van der Waals surface area (Å²) in [4.78, 5) is 36.5. The van der Waals surface area contributed by atoms with E-state index in [-0.39, 0.29) is 16.3 Å². The minimum absolute atomic E-state index is 0.0817. The Morgan fingerprint density at radius 3 is 2.89 bits per heavy atom. The summed E-state index contributed by atoms with van der Waals surface area (Å²) in [7, 11) is 0. The average Bonchev–Trinajstić information content (AvgIpc) is 2.28. The van der Waals surface area contributed by atoms with Crippen molar-refractivity contribution < 1.29 is 4.79 Å². The van der Waals surface area contributed by atoms with E-state index in [9.17, 15) is 9.59 Å². The minimum Gasteiger partial charge on any atom is -0.301 e. The predicted molar refractivity (Wildman–Crippen MR) is 66.1 cm³/mol. The van der Waals surface area contributed by atoms with E-state index in [2.05, 4.69) is 19.9 Å². The molecule has 0 atom stereocenters. The smallest absolute Gasteiger partial charge is 0.251 e. The fourth-order valence-corrected chi connectivity index (χ4v) is 2.39. The highest BCUT2D eigenvalue weighted by molar-refractivity contribution is 7.99. The molecule has 0 saturated carbocycles. The quantitative estimate of drug-likeness (QED) is 0.521. The van der Waals surface area contributed by atoms with Crippen molar-refractivity contribution in [3.05, 3.63) is 39.2 Å². The third-order valence-electron chi connectivity index (χ3n) is 1.94. The molecule has 0 radical (unpaired) electrons. The lowest BCUT2D eigenvalue weighted by molar-refractivity contribution is 0.112. The van der Waals surface area contributed by atoms with Crippen molar-refractivity contribution in [2.45, 2.75) is 17.1 Å². The summed E-state index contributed by atoms with van der Waals surface area (Å²) in [5.74, 6) is 0.436. The molecule has 0 aliphatic heterocycles. The molecule has 0 bridgehead atoms. The molecular weight excluding hydrogens is 276 g/mol. The third kappa shape index (κ3) is 2.74. The molecule has 0 spiro atoms. The molecule has 2 rings (SSSR count). The van der Waals surface area contributed by atoms with Gasteiger partial charge in [0.2, 0.25) is 0 Å². The number of aldehydes is 1. The highest BCUT2D eigenvalue weighted by Crippen LogP contribution is 2.27. The molecule has 0 saturated heterocycles. The van der Waals surface area contributed by atoms with Gasteiger partial charge in [-0.05, 0) is 18.7 Å². The first-order valence-electron chi connectivity index (χ1n) is 4.82. The number of nitrogens with one attached hydrogen (secondary N) is 1. The molecule has 2 aromatic rings. The molecule has 6 nitrogen and oxygen atoms in total. The zero-order chi connectivity index (χ0) is 13.1. The minimum atomic E-state index is -0.281. The van der Waals surface area contributed by atoms with Crippen molar-refractivity contribution in [3.63, 3.8) is 0 Å². The molecule has 92 valence electrons. The second kappa shape index (κ2) is 5.28. The maximum atomic E-state index is 11.1. The number of aromatic nitrogens is 4. The molecule has 0 aliphatic rings. The van der Waals surface area contributed by atoms with E-state index in [1.807, 2.05) is 0 Å². The molecule has 2 aromatic heterocycles. The first kappa shape index (κ1) is 12.7. The van der Waals surface area contributed by atoms with Gasteiger partial charge in [-0.1, -0.05) is 11.6 Å². The van der Waals surface area contributed by atoms with Crippen LogP contribution in [0.3, 0.4) is 0 Å². The van der Waals surface area contributed by atoms with E-state index >= 15 is 0 Å². The maximum absolute atomic E-state index is 11.1. The van der Waals surface area contributed by atoms with Crippen LogP contribution >= 0.6 is 23.4 Å². The molecule has 0 unspecified atom stereocenters. The number of hydrogen-bond acceptors (Lipinski definition) is 6. The van der Waals surface area contributed by atoms with Crippen LogP contribution in [0.1, 0.15) is 16.2 Å². The zero-order valence-corrected chi connectivity index (χ0v) is 10.7. The second-order valence-corrected chi connectivity index (χ2v) is 4.58. The number of halogens is 1. The van der Waals surface area contributed by atoms with Crippen LogP contribution in [0.15, 0.2) is 27.2 Å². The van der Waals surface area contributed by atoms with Crippen LogP contribution < -0.4 is 5.56 Å². The molecule has 0 amide bonds. The number of H-pyrrole nitrogens is 1. The summed E-state index contributed by atoms with van der Waals surface area (Å²) in [6.07, 6.45) is 1.95. The summed E-state index contributed by atoms with van der Waals surface area (Å²) in [6.45, 7) is 1.66. The average molecular weight is 283 g/mol. The second-order valence-electron chi connectivity index (χ2n) is 3.24. The van der Waals surface area contributed by atoms with Crippen molar-refractivity contribution in [2.24, 2.45) is 0 Å². The van der Waals surface area contributed by atoms with E-state index in [0.29, 0.717) is 22.3 Å². The van der Waals surface area contributed by atoms with Gasteiger partial charge in [0, 0.05) is 12.3 Å². The van der Waals surface area contributed by atoms with Gasteiger partial charge >= 0.3 is 0 Å². The van der Waals surface area contributed by atoms with E-state index in [1.165, 1.54) is 12.3 Å². The van der Waals surface area contributed by atoms with Gasteiger partial charge < -0.3 is 4.98 Å². The van der Waals surface area contributed by atoms with E-state index < -0.39 is 0 Å². The Balaban J connectivity index is 2.45. The molecule has 8 heteroatoms. The number of rotatable bonds is 3. The number of nitrogens with zero attached hydrogens (tertiary/aromatic N) is 3. The largest absolute Gasteiger partial charge is 0.301 e. The van der Waals surface area contributed by atoms with Gasteiger partial charge in [0.25, 0.3) is 5.56 Å². The summed E-state index contributed by atoms with van der Waals surface area (Å²) in [5.41, 5.74) is -0.101. The lowest BCUT2D eigenvalue weighted by Gasteiger charge is -2.05. The molecule has 18 heavy (non-hydrogen) atoms. The lowest BCUT2D eigenvalue weighted by Crippen LogP contribution is -2.06. The van der Waals surface area contributed by atoms with Gasteiger partial charge in [0.1, 0.15) is 16.0 Å². The summed E-state index contributed by atoms with van der Waals surface area (Å²) in [5, 5.41) is 0.773. The standard InChI is InChI=1S/C10H7ClN4O2S/c1-5-13-8(11)6(4-16)9(14-5)18-10-12-3-2-7(17)15-10/h2-4H,1H3,(H,12,15,17). The molecule has 0 fully saturated rings. The van der Waals surface area contributed by atoms with E-state index in [4.69, 9.17) is 11.6 Å². The Hall–Kier alpha value is -1.73. The topological polar surface area (TPSA) is 88.6 Å². The van der Waals surface area contributed by atoms with Crippen molar-refractivity contribution in [1.29, 1.82) is 0 Å². The van der Waals surface area contributed by atoms with E-state index in [1.54, 1.807) is 6.92 Å². The van der Waals surface area contributed by atoms with Crippen molar-refractivity contribution >= 4 is 29.6 Å². The highest BCUT2D eigenvalue weighted by Gasteiger charge is 2.13. The lowest BCUT2D eigenvalue weighted by atomic mass is 10.4. The first-order valence-corrected chi connectivity index (χ1v) is 6.02. The van der Waals surface area contributed by atoms with Crippen LogP contribution in [-0.2, 0) is 0 Å². The summed E-state index contributed by atoms with van der Waals surface area (Å²) >= 11 is 6.89. The zero-order valence-electron chi connectivity index (χ0n) is 9.18. The fourth-order valence-electron chi connectivity index (χ4n) is 1.19. The van der Waals surface area contributed by atoms with Gasteiger partial charge in [-0.25, -0.2) is 15.0 Å². The first-order chi connectivity index (χ1) is 8.60. The molecule has 1 N–H and O–H groups in total. The van der Waals surface area contributed by atoms with Crippen LogP contribution in [0.4, 0.5) is 0 Å². The van der Waals surface area contributed by atoms with Gasteiger partial charge in [-0.3, -0.25) is 9.59 Å². The molecular formula is C10H7ClN4O2S. The van der Waals surface area contributed by atoms with Crippen molar-refractivity contribution in [3.8, 4) is 0 Å². The Morgan fingerprint density at radius 2 is 2.22 bits per heavy atom. The van der Waals surface area contributed by atoms with Crippen molar-refractivity contribution in [2.75, 3.05) is 0 Å².